The topological polar surface area (TPSA) is 52.3 Å². The summed E-state index contributed by atoms with van der Waals surface area (Å²) in [5.41, 5.74) is 6.71. The van der Waals surface area contributed by atoms with Crippen LogP contribution in [0.25, 0.3) is 0 Å². The van der Waals surface area contributed by atoms with Crippen LogP contribution >= 0.6 is 15.9 Å². The first kappa shape index (κ1) is 14.2. The van der Waals surface area contributed by atoms with Gasteiger partial charge in [-0.2, -0.15) is 0 Å². The second kappa shape index (κ2) is 6.77. The van der Waals surface area contributed by atoms with Crippen molar-refractivity contribution in [1.29, 1.82) is 0 Å². The van der Waals surface area contributed by atoms with Gasteiger partial charge in [0.15, 0.2) is 0 Å². The zero-order valence-electron chi connectivity index (χ0n) is 10.2. The molecule has 0 aromatic heterocycles. The molecule has 0 amide bonds. The molecule has 0 spiro atoms. The fraction of sp³-hybridized carbons (Fsp3) is 0.462. The lowest BCUT2D eigenvalue weighted by molar-refractivity contribution is -0.118. The zero-order chi connectivity index (χ0) is 12.8. The van der Waals surface area contributed by atoms with Crippen molar-refractivity contribution in [3.8, 4) is 5.75 Å². The van der Waals surface area contributed by atoms with E-state index in [-0.39, 0.29) is 11.8 Å². The van der Waals surface area contributed by atoms with Crippen LogP contribution in [0.4, 0.5) is 0 Å². The smallest absolute Gasteiger partial charge is 0.138 e. The maximum Gasteiger partial charge on any atom is 0.138 e. The molecule has 1 aromatic rings. The van der Waals surface area contributed by atoms with Gasteiger partial charge in [-0.15, -0.1) is 0 Å². The Bertz CT molecular complexity index is 393. The van der Waals surface area contributed by atoms with Crippen molar-refractivity contribution in [2.75, 3.05) is 7.11 Å². The van der Waals surface area contributed by atoms with E-state index in [9.17, 15) is 4.79 Å². The van der Waals surface area contributed by atoms with Gasteiger partial charge in [-0.05, 0) is 30.2 Å². The number of rotatable bonds is 6. The number of hydrogen-bond acceptors (Lipinski definition) is 3. The largest absolute Gasteiger partial charge is 0.497 e. The van der Waals surface area contributed by atoms with E-state index in [4.69, 9.17) is 10.5 Å². The molecule has 0 bridgehead atoms. The predicted octanol–water partition coefficient (Wildman–Crippen LogP) is 2.70. The molecule has 0 fully saturated rings. The summed E-state index contributed by atoms with van der Waals surface area (Å²) in [5, 5.41) is 0. The van der Waals surface area contributed by atoms with Gasteiger partial charge in [-0.25, -0.2) is 0 Å². The Kier molecular flexibility index (Phi) is 5.65. The second-order valence-electron chi connectivity index (χ2n) is 4.05. The summed E-state index contributed by atoms with van der Waals surface area (Å²) in [7, 11) is 1.61. The quantitative estimate of drug-likeness (QED) is 0.879. The number of carbonyl (C=O) groups is 1. The number of Topliss-reactive ketones (excluding diaryl/α,β-unsaturated/α-hetero) is 1. The summed E-state index contributed by atoms with van der Waals surface area (Å²) in [6.45, 7) is 1.99. The summed E-state index contributed by atoms with van der Waals surface area (Å²) < 4.78 is 6.06. The van der Waals surface area contributed by atoms with E-state index in [1.807, 2.05) is 25.1 Å². The maximum absolute atomic E-state index is 11.8. The molecule has 2 N–H and O–H groups in total. The molecular weight excluding hydrogens is 282 g/mol. The lowest BCUT2D eigenvalue weighted by Gasteiger charge is -2.09. The number of ether oxygens (including phenoxy) is 1. The Labute approximate surface area is 110 Å². The predicted molar refractivity (Wildman–Crippen MR) is 72.3 cm³/mol. The number of carbonyl (C=O) groups excluding carboxylic acids is 1. The van der Waals surface area contributed by atoms with E-state index in [1.54, 1.807) is 7.11 Å². The lowest BCUT2D eigenvalue weighted by Crippen LogP contribution is -2.23. The van der Waals surface area contributed by atoms with Crippen molar-refractivity contribution in [2.45, 2.75) is 32.2 Å². The Hall–Kier alpha value is -0.870. The van der Waals surface area contributed by atoms with Crippen molar-refractivity contribution in [3.05, 3.63) is 28.2 Å². The fourth-order valence-corrected chi connectivity index (χ4v) is 1.92. The number of benzene rings is 1. The van der Waals surface area contributed by atoms with Gasteiger partial charge in [-0.3, -0.25) is 4.79 Å². The summed E-state index contributed by atoms with van der Waals surface area (Å²) >= 11 is 3.43. The van der Waals surface area contributed by atoms with Gasteiger partial charge >= 0.3 is 0 Å². The van der Waals surface area contributed by atoms with Crippen LogP contribution in [0.2, 0.25) is 0 Å². The summed E-state index contributed by atoms with van der Waals surface area (Å²) in [6.07, 6.45) is 1.65. The summed E-state index contributed by atoms with van der Waals surface area (Å²) in [5.74, 6) is 0.920. The molecule has 0 aliphatic heterocycles. The first-order valence-electron chi connectivity index (χ1n) is 5.66. The van der Waals surface area contributed by atoms with Crippen molar-refractivity contribution in [1.82, 2.24) is 0 Å². The van der Waals surface area contributed by atoms with Gasteiger partial charge in [0, 0.05) is 23.4 Å². The highest BCUT2D eigenvalue weighted by Crippen LogP contribution is 2.23. The van der Waals surface area contributed by atoms with E-state index < -0.39 is 0 Å². The Morgan fingerprint density at radius 2 is 2.24 bits per heavy atom. The van der Waals surface area contributed by atoms with Crippen LogP contribution in [-0.4, -0.2) is 18.9 Å². The highest BCUT2D eigenvalue weighted by molar-refractivity contribution is 9.10. The van der Waals surface area contributed by atoms with Crippen molar-refractivity contribution in [3.63, 3.8) is 0 Å². The molecule has 0 radical (unpaired) electrons. The number of halogens is 1. The first-order chi connectivity index (χ1) is 8.06. The summed E-state index contributed by atoms with van der Waals surface area (Å²) in [4.78, 5) is 11.8. The normalized spacial score (nSPS) is 12.2. The molecule has 17 heavy (non-hydrogen) atoms. The minimum Gasteiger partial charge on any atom is -0.497 e. The minimum absolute atomic E-state index is 0.0353. The molecule has 4 heteroatoms. The van der Waals surface area contributed by atoms with Crippen LogP contribution in [0.15, 0.2) is 22.7 Å². The standard InChI is InChI=1S/C13H18BrNO2/c1-3-10(15)8-11(16)6-9-7-12(17-2)4-5-13(9)14/h4-5,7,10H,3,6,8,15H2,1-2H3. The SMILES string of the molecule is CCC(N)CC(=O)Cc1cc(OC)ccc1Br. The van der Waals surface area contributed by atoms with Crippen LogP contribution in [-0.2, 0) is 11.2 Å². The van der Waals surface area contributed by atoms with E-state index in [2.05, 4.69) is 15.9 Å². The van der Waals surface area contributed by atoms with Crippen LogP contribution in [0, 0.1) is 0 Å². The van der Waals surface area contributed by atoms with Gasteiger partial charge < -0.3 is 10.5 Å². The van der Waals surface area contributed by atoms with Crippen molar-refractivity contribution in [2.24, 2.45) is 5.73 Å². The van der Waals surface area contributed by atoms with Crippen LogP contribution < -0.4 is 10.5 Å². The van der Waals surface area contributed by atoms with Gasteiger partial charge in [0.25, 0.3) is 0 Å². The number of methoxy groups -OCH3 is 1. The molecular formula is C13H18BrNO2. The zero-order valence-corrected chi connectivity index (χ0v) is 11.8. The number of nitrogens with two attached hydrogens (primary N) is 1. The van der Waals surface area contributed by atoms with E-state index in [1.165, 1.54) is 0 Å². The second-order valence-corrected chi connectivity index (χ2v) is 4.90. The highest BCUT2D eigenvalue weighted by Gasteiger charge is 2.11. The third-order valence-electron chi connectivity index (χ3n) is 2.65. The van der Waals surface area contributed by atoms with Gasteiger partial charge in [-0.1, -0.05) is 22.9 Å². The molecule has 1 atom stereocenters. The van der Waals surface area contributed by atoms with Crippen LogP contribution in [0.3, 0.4) is 0 Å². The average molecular weight is 300 g/mol. The van der Waals surface area contributed by atoms with Gasteiger partial charge in [0.1, 0.15) is 11.5 Å². The Morgan fingerprint density at radius 3 is 2.82 bits per heavy atom. The molecule has 3 nitrogen and oxygen atoms in total. The van der Waals surface area contributed by atoms with Crippen LogP contribution in [0.1, 0.15) is 25.3 Å². The molecule has 0 saturated carbocycles. The molecule has 1 unspecified atom stereocenters. The first-order valence-corrected chi connectivity index (χ1v) is 6.45. The average Bonchev–Trinajstić information content (AvgIpc) is 2.31. The summed E-state index contributed by atoms with van der Waals surface area (Å²) in [6, 6.07) is 5.59. The van der Waals surface area contributed by atoms with Crippen molar-refractivity contribution < 1.29 is 9.53 Å². The van der Waals surface area contributed by atoms with E-state index in [0.29, 0.717) is 12.8 Å². The molecule has 0 heterocycles. The van der Waals surface area contributed by atoms with Crippen LogP contribution in [0.5, 0.6) is 5.75 Å². The lowest BCUT2D eigenvalue weighted by atomic mass is 10.0. The molecule has 0 aliphatic carbocycles. The van der Waals surface area contributed by atoms with E-state index >= 15 is 0 Å². The van der Waals surface area contributed by atoms with Crippen molar-refractivity contribution >= 4 is 21.7 Å². The molecule has 1 aromatic carbocycles. The maximum atomic E-state index is 11.8. The van der Waals surface area contributed by atoms with E-state index in [0.717, 1.165) is 22.2 Å². The third-order valence-corrected chi connectivity index (χ3v) is 3.43. The Morgan fingerprint density at radius 1 is 1.53 bits per heavy atom. The molecule has 0 aliphatic rings. The molecule has 0 saturated heterocycles. The van der Waals surface area contributed by atoms with Gasteiger partial charge in [0.2, 0.25) is 0 Å². The van der Waals surface area contributed by atoms with Gasteiger partial charge in [0.05, 0.1) is 7.11 Å². The monoisotopic (exact) mass is 299 g/mol. The molecule has 94 valence electrons. The third kappa shape index (κ3) is 4.48. The number of ketones is 1. The Balaban J connectivity index is 2.70. The minimum atomic E-state index is -0.0353. The molecule has 1 rings (SSSR count). The highest BCUT2D eigenvalue weighted by atomic mass is 79.9. The fourth-order valence-electron chi connectivity index (χ4n) is 1.53. The number of hydrogen-bond donors (Lipinski definition) is 1.